The highest BCUT2D eigenvalue weighted by Crippen LogP contribution is 2.33. The molecule has 2 atom stereocenters. The molecular formula is C14H20F2N2. The van der Waals surface area contributed by atoms with E-state index < -0.39 is 11.6 Å². The molecule has 1 saturated heterocycles. The van der Waals surface area contributed by atoms with Crippen molar-refractivity contribution in [1.82, 2.24) is 4.90 Å². The fourth-order valence-electron chi connectivity index (χ4n) is 2.79. The van der Waals surface area contributed by atoms with Gasteiger partial charge in [-0.05, 0) is 39.3 Å². The summed E-state index contributed by atoms with van der Waals surface area (Å²) in [6, 6.07) is 4.24. The van der Waals surface area contributed by atoms with Crippen LogP contribution in [0.5, 0.6) is 0 Å². The van der Waals surface area contributed by atoms with Crippen LogP contribution in [0.25, 0.3) is 0 Å². The molecule has 1 heterocycles. The van der Waals surface area contributed by atoms with Crippen LogP contribution in [0.4, 0.5) is 8.78 Å². The Hall–Kier alpha value is -1.00. The van der Waals surface area contributed by atoms with E-state index in [9.17, 15) is 8.78 Å². The summed E-state index contributed by atoms with van der Waals surface area (Å²) in [7, 11) is 0. The predicted octanol–water partition coefficient (Wildman–Crippen LogP) is 2.84. The van der Waals surface area contributed by atoms with E-state index in [-0.39, 0.29) is 18.1 Å². The molecule has 1 aliphatic rings. The molecule has 1 aromatic carbocycles. The maximum atomic E-state index is 13.9. The normalized spacial score (nSPS) is 25.7. The maximum absolute atomic E-state index is 13.9. The Kier molecular flexibility index (Phi) is 3.97. The van der Waals surface area contributed by atoms with E-state index in [4.69, 9.17) is 5.73 Å². The van der Waals surface area contributed by atoms with Crippen molar-refractivity contribution in [2.24, 2.45) is 5.73 Å². The van der Waals surface area contributed by atoms with Gasteiger partial charge >= 0.3 is 0 Å². The first kappa shape index (κ1) is 13.4. The molecule has 4 heteroatoms. The third kappa shape index (κ3) is 2.40. The van der Waals surface area contributed by atoms with Crippen LogP contribution in [-0.2, 0) is 0 Å². The van der Waals surface area contributed by atoms with Gasteiger partial charge in [-0.25, -0.2) is 8.78 Å². The molecule has 1 fully saturated rings. The quantitative estimate of drug-likeness (QED) is 0.879. The van der Waals surface area contributed by atoms with Crippen LogP contribution in [-0.4, -0.2) is 23.5 Å². The molecule has 0 spiro atoms. The Balaban J connectivity index is 2.40. The summed E-state index contributed by atoms with van der Waals surface area (Å²) < 4.78 is 27.3. The van der Waals surface area contributed by atoms with Crippen molar-refractivity contribution in [3.8, 4) is 0 Å². The molecule has 0 aliphatic carbocycles. The maximum Gasteiger partial charge on any atom is 0.163 e. The van der Waals surface area contributed by atoms with Crippen LogP contribution in [0, 0.1) is 11.6 Å². The molecule has 2 unspecified atom stereocenters. The number of rotatable bonds is 2. The third-order valence-electron chi connectivity index (χ3n) is 3.68. The van der Waals surface area contributed by atoms with E-state index in [0.29, 0.717) is 5.56 Å². The first-order valence-corrected chi connectivity index (χ1v) is 6.47. The zero-order valence-corrected chi connectivity index (χ0v) is 10.9. The van der Waals surface area contributed by atoms with E-state index >= 15 is 0 Å². The molecular weight excluding hydrogens is 234 g/mol. The van der Waals surface area contributed by atoms with Crippen molar-refractivity contribution in [1.29, 1.82) is 0 Å². The van der Waals surface area contributed by atoms with E-state index in [1.165, 1.54) is 0 Å². The Bertz CT molecular complexity index is 420. The lowest BCUT2D eigenvalue weighted by molar-refractivity contribution is 0.0917. The topological polar surface area (TPSA) is 29.3 Å². The standard InChI is InChI=1S/C14H20F2N2/c1-9(2)18-8-4-7-12(17)14(18)10-5-3-6-11(15)13(10)16/h3,5-6,9,12,14H,4,7-8,17H2,1-2H3. The van der Waals surface area contributed by atoms with Crippen LogP contribution in [0.3, 0.4) is 0 Å². The van der Waals surface area contributed by atoms with Crippen LogP contribution in [0.2, 0.25) is 0 Å². The Morgan fingerprint density at radius 3 is 2.72 bits per heavy atom. The summed E-state index contributed by atoms with van der Waals surface area (Å²) in [4.78, 5) is 2.16. The van der Waals surface area contributed by atoms with Crippen LogP contribution < -0.4 is 5.73 Å². The van der Waals surface area contributed by atoms with Crippen molar-refractivity contribution in [3.63, 3.8) is 0 Å². The molecule has 2 N–H and O–H groups in total. The van der Waals surface area contributed by atoms with E-state index in [1.54, 1.807) is 12.1 Å². The second kappa shape index (κ2) is 5.33. The van der Waals surface area contributed by atoms with Crippen molar-refractivity contribution in [3.05, 3.63) is 35.4 Å². The van der Waals surface area contributed by atoms with Gasteiger partial charge in [-0.3, -0.25) is 4.90 Å². The largest absolute Gasteiger partial charge is 0.326 e. The molecule has 0 aromatic heterocycles. The molecule has 1 aliphatic heterocycles. The number of hydrogen-bond donors (Lipinski definition) is 1. The summed E-state index contributed by atoms with van der Waals surface area (Å²) in [5.74, 6) is -1.56. The minimum Gasteiger partial charge on any atom is -0.326 e. The summed E-state index contributed by atoms with van der Waals surface area (Å²) >= 11 is 0. The highest BCUT2D eigenvalue weighted by atomic mass is 19.2. The monoisotopic (exact) mass is 254 g/mol. The summed E-state index contributed by atoms with van der Waals surface area (Å²) in [5, 5.41) is 0. The lowest BCUT2D eigenvalue weighted by atomic mass is 9.89. The molecule has 1 aromatic rings. The molecule has 0 bridgehead atoms. The summed E-state index contributed by atoms with van der Waals surface area (Å²) in [6.45, 7) is 5.00. The van der Waals surface area contributed by atoms with E-state index in [1.807, 2.05) is 0 Å². The molecule has 0 amide bonds. The van der Waals surface area contributed by atoms with Crippen LogP contribution in [0.1, 0.15) is 38.3 Å². The highest BCUT2D eigenvalue weighted by Gasteiger charge is 2.34. The third-order valence-corrected chi connectivity index (χ3v) is 3.68. The zero-order valence-electron chi connectivity index (χ0n) is 10.9. The smallest absolute Gasteiger partial charge is 0.163 e. The van der Waals surface area contributed by atoms with Crippen molar-refractivity contribution in [2.75, 3.05) is 6.54 Å². The molecule has 18 heavy (non-hydrogen) atoms. The number of likely N-dealkylation sites (tertiary alicyclic amines) is 1. The van der Waals surface area contributed by atoms with Crippen molar-refractivity contribution < 1.29 is 8.78 Å². The Labute approximate surface area is 107 Å². The second-order valence-electron chi connectivity index (χ2n) is 5.23. The van der Waals surface area contributed by atoms with Crippen LogP contribution in [0.15, 0.2) is 18.2 Å². The predicted molar refractivity (Wildman–Crippen MR) is 68.2 cm³/mol. The molecule has 0 saturated carbocycles. The molecule has 100 valence electrons. The van der Waals surface area contributed by atoms with Crippen LogP contribution >= 0.6 is 0 Å². The first-order valence-electron chi connectivity index (χ1n) is 6.47. The van der Waals surface area contributed by atoms with Gasteiger partial charge in [0.25, 0.3) is 0 Å². The number of halogens is 2. The number of benzene rings is 1. The second-order valence-corrected chi connectivity index (χ2v) is 5.23. The lowest BCUT2D eigenvalue weighted by Crippen LogP contribution is -2.49. The van der Waals surface area contributed by atoms with Gasteiger partial charge in [0.15, 0.2) is 11.6 Å². The van der Waals surface area contributed by atoms with Gasteiger partial charge in [0.1, 0.15) is 0 Å². The summed E-state index contributed by atoms with van der Waals surface area (Å²) in [5.41, 5.74) is 6.51. The van der Waals surface area contributed by atoms with Crippen molar-refractivity contribution in [2.45, 2.75) is 44.8 Å². The average Bonchev–Trinajstić information content (AvgIpc) is 2.33. The fraction of sp³-hybridized carbons (Fsp3) is 0.571. The minimum atomic E-state index is -0.797. The highest BCUT2D eigenvalue weighted by molar-refractivity contribution is 5.25. The average molecular weight is 254 g/mol. The summed E-state index contributed by atoms with van der Waals surface area (Å²) in [6.07, 6.45) is 1.86. The first-order chi connectivity index (χ1) is 8.52. The Morgan fingerprint density at radius 2 is 2.06 bits per heavy atom. The molecule has 0 radical (unpaired) electrons. The lowest BCUT2D eigenvalue weighted by Gasteiger charge is -2.42. The van der Waals surface area contributed by atoms with Gasteiger partial charge in [0.2, 0.25) is 0 Å². The van der Waals surface area contributed by atoms with Crippen molar-refractivity contribution >= 4 is 0 Å². The molecule has 2 rings (SSSR count). The van der Waals surface area contributed by atoms with E-state index in [0.717, 1.165) is 25.5 Å². The van der Waals surface area contributed by atoms with Gasteiger partial charge < -0.3 is 5.73 Å². The SMILES string of the molecule is CC(C)N1CCCC(N)C1c1cccc(F)c1F. The molecule has 2 nitrogen and oxygen atoms in total. The Morgan fingerprint density at radius 1 is 1.33 bits per heavy atom. The van der Waals surface area contributed by atoms with Gasteiger partial charge in [0.05, 0.1) is 6.04 Å². The van der Waals surface area contributed by atoms with Gasteiger partial charge in [-0.15, -0.1) is 0 Å². The van der Waals surface area contributed by atoms with E-state index in [2.05, 4.69) is 18.7 Å². The zero-order chi connectivity index (χ0) is 13.3. The van der Waals surface area contributed by atoms with Gasteiger partial charge in [-0.2, -0.15) is 0 Å². The number of piperidine rings is 1. The number of nitrogens with two attached hydrogens (primary N) is 1. The number of hydrogen-bond acceptors (Lipinski definition) is 2. The van der Waals surface area contributed by atoms with Gasteiger partial charge in [-0.1, -0.05) is 12.1 Å². The number of nitrogens with zero attached hydrogens (tertiary/aromatic N) is 1. The minimum absolute atomic E-state index is 0.141. The fourth-order valence-corrected chi connectivity index (χ4v) is 2.79. The van der Waals surface area contributed by atoms with Gasteiger partial charge in [0, 0.05) is 17.6 Å².